The molecule has 0 atom stereocenters. The summed E-state index contributed by atoms with van der Waals surface area (Å²) in [6, 6.07) is 12.5. The van der Waals surface area contributed by atoms with E-state index >= 15 is 0 Å². The largest absolute Gasteiger partial charge is 0.464 e. The van der Waals surface area contributed by atoms with Crippen LogP contribution < -0.4 is 5.73 Å². The van der Waals surface area contributed by atoms with Crippen molar-refractivity contribution in [2.45, 2.75) is 36.5 Å². The van der Waals surface area contributed by atoms with E-state index in [2.05, 4.69) is 4.74 Å². The molecule has 0 amide bonds. The average Bonchev–Trinajstić information content (AvgIpc) is 3.54. The van der Waals surface area contributed by atoms with E-state index in [0.29, 0.717) is 11.3 Å². The molecular weight excluding hydrogens is 697 g/mol. The van der Waals surface area contributed by atoms with Gasteiger partial charge in [0.2, 0.25) is 0 Å². The third kappa shape index (κ3) is 9.56. The van der Waals surface area contributed by atoms with Crippen LogP contribution in [-0.2, 0) is 65.0 Å². The average molecular weight is 735 g/mol. The summed E-state index contributed by atoms with van der Waals surface area (Å²) in [4.78, 5) is 34.3. The third-order valence-electron chi connectivity index (χ3n) is 7.34. The molecule has 2 N–H and O–H groups in total. The number of ether oxygens (including phenoxy) is 2. The van der Waals surface area contributed by atoms with E-state index in [0.717, 1.165) is 18.2 Å². The van der Waals surface area contributed by atoms with Crippen LogP contribution in [0.4, 0.5) is 11.4 Å². The maximum absolute atomic E-state index is 12.2. The van der Waals surface area contributed by atoms with Crippen molar-refractivity contribution in [3.05, 3.63) is 105 Å². The number of carbonyl (C=O) groups is 2. The fourth-order valence-corrected chi connectivity index (χ4v) is 6.62. The van der Waals surface area contributed by atoms with Crippen molar-refractivity contribution in [3.8, 4) is 0 Å². The van der Waals surface area contributed by atoms with E-state index in [1.807, 2.05) is 13.8 Å². The van der Waals surface area contributed by atoms with Gasteiger partial charge in [0.05, 0.1) is 59.6 Å². The van der Waals surface area contributed by atoms with Crippen LogP contribution in [0.3, 0.4) is 0 Å². The lowest BCUT2D eigenvalue weighted by atomic mass is 10.1. The summed E-state index contributed by atoms with van der Waals surface area (Å²) in [7, 11) is -2.31. The molecule has 0 aliphatic heterocycles. The highest BCUT2D eigenvalue weighted by atomic mass is 32.2. The molecule has 18 heteroatoms. The second kappa shape index (κ2) is 16.6. The molecule has 2 aromatic carbocycles. The van der Waals surface area contributed by atoms with Crippen LogP contribution in [-0.4, -0.2) is 70.3 Å². The van der Waals surface area contributed by atoms with Gasteiger partial charge in [-0.15, -0.1) is 0 Å². The van der Waals surface area contributed by atoms with Crippen molar-refractivity contribution in [1.29, 1.82) is 0 Å². The molecule has 0 bridgehead atoms. The molecule has 0 radical (unpaired) electrons. The molecule has 50 heavy (non-hydrogen) atoms. The summed E-state index contributed by atoms with van der Waals surface area (Å²) >= 11 is 0. The minimum absolute atomic E-state index is 0.0150. The highest BCUT2D eigenvalue weighted by molar-refractivity contribution is 7.87. The fourth-order valence-electron chi connectivity index (χ4n) is 4.81. The zero-order valence-corrected chi connectivity index (χ0v) is 29.9. The molecule has 0 saturated heterocycles. The molecule has 0 unspecified atom stereocenters. The van der Waals surface area contributed by atoms with Gasteiger partial charge in [0, 0.05) is 38.7 Å². The van der Waals surface area contributed by atoms with E-state index in [9.17, 15) is 36.5 Å². The van der Waals surface area contributed by atoms with Gasteiger partial charge in [0.25, 0.3) is 25.9 Å². The van der Waals surface area contributed by atoms with Crippen LogP contribution in [0, 0.1) is 24.0 Å². The van der Waals surface area contributed by atoms with Crippen molar-refractivity contribution in [2.75, 3.05) is 33.2 Å². The van der Waals surface area contributed by atoms with Gasteiger partial charge in [-0.25, -0.2) is 9.59 Å². The van der Waals surface area contributed by atoms with E-state index in [-0.39, 0.29) is 58.5 Å². The maximum atomic E-state index is 12.2. The summed E-state index contributed by atoms with van der Waals surface area (Å²) in [5, 5.41) is 11.2. The molecule has 4 rings (SSSR count). The summed E-state index contributed by atoms with van der Waals surface area (Å²) < 4.78 is 70.8. The Morgan fingerprint density at radius 1 is 0.720 bits per heavy atom. The van der Waals surface area contributed by atoms with Crippen molar-refractivity contribution in [3.63, 3.8) is 0 Å². The quantitative estimate of drug-likeness (QED) is 0.0899. The Morgan fingerprint density at radius 3 is 1.50 bits per heavy atom. The molecular formula is C32H38N4O12S2. The van der Waals surface area contributed by atoms with Gasteiger partial charge < -0.3 is 24.3 Å². The lowest BCUT2D eigenvalue weighted by molar-refractivity contribution is -0.385. The zero-order chi connectivity index (χ0) is 37.4. The van der Waals surface area contributed by atoms with Crippen LogP contribution in [0.5, 0.6) is 0 Å². The lowest BCUT2D eigenvalue weighted by Gasteiger charge is -2.08. The number of aryl methyl sites for hydroxylation is 4. The van der Waals surface area contributed by atoms with E-state index in [1.165, 1.54) is 49.2 Å². The highest BCUT2D eigenvalue weighted by Crippen LogP contribution is 2.26. The molecule has 0 spiro atoms. The second-order valence-corrected chi connectivity index (χ2v) is 14.1. The van der Waals surface area contributed by atoms with E-state index in [1.54, 1.807) is 42.1 Å². The van der Waals surface area contributed by atoms with Gasteiger partial charge in [0.1, 0.15) is 11.4 Å². The summed E-state index contributed by atoms with van der Waals surface area (Å²) in [6.45, 7) is 3.20. The van der Waals surface area contributed by atoms with Crippen LogP contribution in [0.15, 0.2) is 70.7 Å². The standard InChI is InChI=1S/C16H18N2O7S.C16H20N2O5S/c1-11-4-6-12(7-5-11)26(22,23)25-9-8-13-14(18(20)21)10-17(2)15(13)16(19)24-3;1-11-4-6-12(7-5-11)24(20,21)23-9-8-13-14(17)10-18(2)15(13)16(19)22-3/h4-7,10H,8-9H2,1-3H3;4-7,10H,8-9,17H2,1-3H3. The Kier molecular flexibility index (Phi) is 13.1. The zero-order valence-electron chi connectivity index (χ0n) is 28.2. The topological polar surface area (TPSA) is 218 Å². The van der Waals surface area contributed by atoms with Crippen molar-refractivity contribution in [1.82, 2.24) is 9.13 Å². The number of rotatable bonds is 13. The molecule has 16 nitrogen and oxygen atoms in total. The SMILES string of the molecule is COC(=O)c1c(CCOS(=O)(=O)c2ccc(C)cc2)c(N)cn1C.COC(=O)c1c(CCOS(=O)(=O)c2ccc(C)cc2)c([N+](=O)[O-])cn1C. The minimum Gasteiger partial charge on any atom is -0.464 e. The number of nitrogens with two attached hydrogens (primary N) is 1. The Labute approximate surface area is 289 Å². The molecule has 0 aliphatic carbocycles. The Hall–Kier alpha value is -5.04. The summed E-state index contributed by atoms with van der Waals surface area (Å²) in [5.41, 5.74) is 8.64. The number of aromatic nitrogens is 2. The van der Waals surface area contributed by atoms with Crippen LogP contribution in [0.1, 0.15) is 43.2 Å². The second-order valence-electron chi connectivity index (χ2n) is 10.9. The van der Waals surface area contributed by atoms with Gasteiger partial charge >= 0.3 is 11.9 Å². The van der Waals surface area contributed by atoms with E-state index in [4.69, 9.17) is 18.8 Å². The van der Waals surface area contributed by atoms with Crippen LogP contribution in [0.2, 0.25) is 0 Å². The first-order valence-electron chi connectivity index (χ1n) is 14.8. The number of hydrogen-bond donors (Lipinski definition) is 1. The van der Waals surface area contributed by atoms with Crippen molar-refractivity contribution in [2.24, 2.45) is 14.1 Å². The number of nitrogens with zero attached hydrogens (tertiary/aromatic N) is 3. The Morgan fingerprint density at radius 2 is 1.10 bits per heavy atom. The molecule has 0 aliphatic rings. The van der Waals surface area contributed by atoms with Gasteiger partial charge in [-0.3, -0.25) is 18.5 Å². The predicted octanol–water partition coefficient (Wildman–Crippen LogP) is 3.63. The number of esters is 2. The maximum Gasteiger partial charge on any atom is 0.355 e. The lowest BCUT2D eigenvalue weighted by Crippen LogP contribution is -2.13. The number of anilines is 1. The predicted molar refractivity (Wildman–Crippen MR) is 181 cm³/mol. The first-order valence-corrected chi connectivity index (χ1v) is 17.6. The summed E-state index contributed by atoms with van der Waals surface area (Å²) in [5.74, 6) is -1.29. The smallest absolute Gasteiger partial charge is 0.355 e. The fraction of sp³-hybridized carbons (Fsp3) is 0.312. The summed E-state index contributed by atoms with van der Waals surface area (Å²) in [6.07, 6.45) is 2.78. The Bertz CT molecular complexity index is 2070. The highest BCUT2D eigenvalue weighted by Gasteiger charge is 2.28. The van der Waals surface area contributed by atoms with Crippen molar-refractivity contribution >= 4 is 43.5 Å². The molecule has 2 heterocycles. The molecule has 2 aromatic heterocycles. The normalized spacial score (nSPS) is 11.4. The van der Waals surface area contributed by atoms with Gasteiger partial charge in [-0.1, -0.05) is 35.4 Å². The first-order chi connectivity index (χ1) is 23.4. The number of nitrogen functional groups attached to an aromatic ring is 1. The van der Waals surface area contributed by atoms with Crippen LogP contribution >= 0.6 is 0 Å². The number of methoxy groups -OCH3 is 2. The number of nitro groups is 1. The minimum atomic E-state index is -4.00. The Balaban J connectivity index is 0.000000271. The van der Waals surface area contributed by atoms with Crippen LogP contribution in [0.25, 0.3) is 0 Å². The molecule has 270 valence electrons. The number of hydrogen-bond acceptors (Lipinski definition) is 13. The molecule has 0 saturated carbocycles. The van der Waals surface area contributed by atoms with E-state index < -0.39 is 37.1 Å². The monoisotopic (exact) mass is 734 g/mol. The van der Waals surface area contributed by atoms with Gasteiger partial charge in [-0.05, 0) is 38.1 Å². The molecule has 4 aromatic rings. The molecule has 0 fully saturated rings. The number of carbonyl (C=O) groups excluding carboxylic acids is 2. The third-order valence-corrected chi connectivity index (χ3v) is 9.99. The van der Waals surface area contributed by atoms with Gasteiger partial charge in [0.15, 0.2) is 0 Å². The first kappa shape index (κ1) is 39.4. The van der Waals surface area contributed by atoms with Gasteiger partial charge in [-0.2, -0.15) is 16.8 Å². The number of benzene rings is 2. The van der Waals surface area contributed by atoms with Crippen molar-refractivity contribution < 1.29 is 49.2 Å².